The van der Waals surface area contributed by atoms with Crippen molar-refractivity contribution in [2.45, 2.75) is 6.42 Å². The van der Waals surface area contributed by atoms with E-state index in [1.54, 1.807) is 30.3 Å². The van der Waals surface area contributed by atoms with E-state index in [1.807, 2.05) is 21.1 Å². The molecule has 1 heterocycles. The molecule has 0 saturated carbocycles. The SMILES string of the molecule is CNc1ncccc1C(=O)N(C)CCCN(C)C. The predicted molar refractivity (Wildman–Crippen MR) is 73.9 cm³/mol. The van der Waals surface area contributed by atoms with Crippen molar-refractivity contribution in [3.05, 3.63) is 23.9 Å². The maximum Gasteiger partial charge on any atom is 0.257 e. The van der Waals surface area contributed by atoms with E-state index >= 15 is 0 Å². The van der Waals surface area contributed by atoms with Crippen molar-refractivity contribution in [3.63, 3.8) is 0 Å². The summed E-state index contributed by atoms with van der Waals surface area (Å²) in [5.74, 6) is 0.633. The fourth-order valence-electron chi connectivity index (χ4n) is 1.71. The Labute approximate surface area is 109 Å². The van der Waals surface area contributed by atoms with Crippen LogP contribution in [0.15, 0.2) is 18.3 Å². The minimum atomic E-state index is 0.00575. The van der Waals surface area contributed by atoms with Gasteiger partial charge in [-0.1, -0.05) is 0 Å². The normalized spacial score (nSPS) is 10.5. The predicted octanol–water partition coefficient (Wildman–Crippen LogP) is 1.15. The van der Waals surface area contributed by atoms with E-state index in [9.17, 15) is 4.79 Å². The first kappa shape index (κ1) is 14.4. The van der Waals surface area contributed by atoms with Gasteiger partial charge >= 0.3 is 0 Å². The smallest absolute Gasteiger partial charge is 0.257 e. The van der Waals surface area contributed by atoms with Crippen molar-refractivity contribution in [2.24, 2.45) is 0 Å². The molecule has 18 heavy (non-hydrogen) atoms. The summed E-state index contributed by atoms with van der Waals surface area (Å²) in [4.78, 5) is 20.2. The molecule has 0 radical (unpaired) electrons. The molecule has 0 aliphatic rings. The molecule has 0 atom stereocenters. The number of carbonyl (C=O) groups is 1. The largest absolute Gasteiger partial charge is 0.372 e. The van der Waals surface area contributed by atoms with Crippen molar-refractivity contribution < 1.29 is 4.79 Å². The van der Waals surface area contributed by atoms with Crippen LogP contribution in [-0.2, 0) is 0 Å². The molecule has 0 aromatic carbocycles. The number of rotatable bonds is 6. The molecule has 1 N–H and O–H groups in total. The Morgan fingerprint density at radius 1 is 1.33 bits per heavy atom. The summed E-state index contributed by atoms with van der Waals surface area (Å²) in [6.07, 6.45) is 2.64. The summed E-state index contributed by atoms with van der Waals surface area (Å²) in [7, 11) is 7.65. The van der Waals surface area contributed by atoms with Gasteiger partial charge in [-0.15, -0.1) is 0 Å². The second-order valence-corrected chi connectivity index (χ2v) is 4.53. The van der Waals surface area contributed by atoms with E-state index in [1.165, 1.54) is 0 Å². The minimum absolute atomic E-state index is 0.00575. The summed E-state index contributed by atoms with van der Waals surface area (Å²) >= 11 is 0. The third kappa shape index (κ3) is 4.00. The monoisotopic (exact) mass is 250 g/mol. The lowest BCUT2D eigenvalue weighted by Crippen LogP contribution is -2.30. The van der Waals surface area contributed by atoms with Gasteiger partial charge in [0, 0.05) is 26.8 Å². The van der Waals surface area contributed by atoms with Crippen LogP contribution in [0.25, 0.3) is 0 Å². The first-order chi connectivity index (χ1) is 8.56. The minimum Gasteiger partial charge on any atom is -0.372 e. The molecule has 1 aromatic rings. The van der Waals surface area contributed by atoms with Gasteiger partial charge in [-0.2, -0.15) is 0 Å². The topological polar surface area (TPSA) is 48.5 Å². The Kier molecular flexibility index (Phi) is 5.58. The Balaban J connectivity index is 2.62. The fraction of sp³-hybridized carbons (Fsp3) is 0.538. The molecule has 0 aliphatic heterocycles. The number of aromatic nitrogens is 1. The number of pyridine rings is 1. The summed E-state index contributed by atoms with van der Waals surface area (Å²) in [5, 5.41) is 2.94. The molecule has 1 amide bonds. The molecule has 5 nitrogen and oxygen atoms in total. The highest BCUT2D eigenvalue weighted by Gasteiger charge is 2.15. The molecular formula is C13H22N4O. The number of nitrogens with zero attached hydrogens (tertiary/aromatic N) is 3. The van der Waals surface area contributed by atoms with E-state index < -0.39 is 0 Å². The number of anilines is 1. The zero-order valence-electron chi connectivity index (χ0n) is 11.6. The van der Waals surface area contributed by atoms with E-state index in [0.717, 1.165) is 19.5 Å². The Hall–Kier alpha value is -1.62. The lowest BCUT2D eigenvalue weighted by molar-refractivity contribution is 0.0791. The van der Waals surface area contributed by atoms with Crippen molar-refractivity contribution >= 4 is 11.7 Å². The Morgan fingerprint density at radius 2 is 2.06 bits per heavy atom. The van der Waals surface area contributed by atoms with E-state index in [0.29, 0.717) is 11.4 Å². The summed E-state index contributed by atoms with van der Waals surface area (Å²) in [6, 6.07) is 3.57. The van der Waals surface area contributed by atoms with Gasteiger partial charge in [0.15, 0.2) is 0 Å². The van der Waals surface area contributed by atoms with Crippen LogP contribution >= 0.6 is 0 Å². The second-order valence-electron chi connectivity index (χ2n) is 4.53. The van der Waals surface area contributed by atoms with Gasteiger partial charge < -0.3 is 15.1 Å². The molecule has 0 aliphatic carbocycles. The van der Waals surface area contributed by atoms with Gasteiger partial charge in [-0.3, -0.25) is 4.79 Å². The summed E-state index contributed by atoms with van der Waals surface area (Å²) in [6.45, 7) is 1.72. The molecule has 0 unspecified atom stereocenters. The van der Waals surface area contributed by atoms with Crippen molar-refractivity contribution in [1.29, 1.82) is 0 Å². The number of hydrogen-bond acceptors (Lipinski definition) is 4. The third-order valence-electron chi connectivity index (χ3n) is 2.72. The lowest BCUT2D eigenvalue weighted by Gasteiger charge is -2.19. The molecular weight excluding hydrogens is 228 g/mol. The maximum absolute atomic E-state index is 12.2. The average Bonchev–Trinajstić information content (AvgIpc) is 2.37. The van der Waals surface area contributed by atoms with Crippen molar-refractivity contribution in [3.8, 4) is 0 Å². The molecule has 100 valence electrons. The molecule has 5 heteroatoms. The number of carbonyl (C=O) groups excluding carboxylic acids is 1. The van der Waals surface area contributed by atoms with Crippen LogP contribution in [0.3, 0.4) is 0 Å². The lowest BCUT2D eigenvalue weighted by atomic mass is 10.2. The highest BCUT2D eigenvalue weighted by Crippen LogP contribution is 2.12. The van der Waals surface area contributed by atoms with Gasteiger partial charge in [-0.25, -0.2) is 4.98 Å². The van der Waals surface area contributed by atoms with Crippen LogP contribution in [0.5, 0.6) is 0 Å². The first-order valence-corrected chi connectivity index (χ1v) is 6.09. The molecule has 0 saturated heterocycles. The van der Waals surface area contributed by atoms with Crippen LogP contribution in [-0.4, -0.2) is 62.0 Å². The molecule has 1 aromatic heterocycles. The second kappa shape index (κ2) is 6.96. The quantitative estimate of drug-likeness (QED) is 0.822. The van der Waals surface area contributed by atoms with Crippen LogP contribution in [0, 0.1) is 0 Å². The number of amides is 1. The van der Waals surface area contributed by atoms with Gasteiger partial charge in [0.2, 0.25) is 0 Å². The van der Waals surface area contributed by atoms with Crippen LogP contribution in [0.2, 0.25) is 0 Å². The van der Waals surface area contributed by atoms with Gasteiger partial charge in [0.25, 0.3) is 5.91 Å². The van der Waals surface area contributed by atoms with Gasteiger partial charge in [0.1, 0.15) is 5.82 Å². The summed E-state index contributed by atoms with van der Waals surface area (Å²) in [5.41, 5.74) is 0.618. The first-order valence-electron chi connectivity index (χ1n) is 6.09. The Bertz CT molecular complexity index is 392. The Morgan fingerprint density at radius 3 is 2.67 bits per heavy atom. The third-order valence-corrected chi connectivity index (χ3v) is 2.72. The highest BCUT2D eigenvalue weighted by atomic mass is 16.2. The van der Waals surface area contributed by atoms with E-state index in [-0.39, 0.29) is 5.91 Å². The number of nitrogens with one attached hydrogen (secondary N) is 1. The number of hydrogen-bond donors (Lipinski definition) is 1. The van der Waals surface area contributed by atoms with Gasteiger partial charge in [-0.05, 0) is 39.2 Å². The van der Waals surface area contributed by atoms with E-state index in [2.05, 4.69) is 15.2 Å². The standard InChI is InChI=1S/C13H22N4O/c1-14-12-11(7-5-8-15-12)13(18)17(4)10-6-9-16(2)3/h5,7-8H,6,9-10H2,1-4H3,(H,14,15). The van der Waals surface area contributed by atoms with Crippen molar-refractivity contribution in [2.75, 3.05) is 46.6 Å². The van der Waals surface area contributed by atoms with Crippen molar-refractivity contribution in [1.82, 2.24) is 14.8 Å². The fourth-order valence-corrected chi connectivity index (χ4v) is 1.71. The molecule has 0 bridgehead atoms. The highest BCUT2D eigenvalue weighted by molar-refractivity contribution is 5.98. The van der Waals surface area contributed by atoms with Crippen LogP contribution in [0.4, 0.5) is 5.82 Å². The van der Waals surface area contributed by atoms with Gasteiger partial charge in [0.05, 0.1) is 5.56 Å². The molecule has 0 fully saturated rings. The van der Waals surface area contributed by atoms with Crippen LogP contribution in [0.1, 0.15) is 16.8 Å². The zero-order chi connectivity index (χ0) is 13.5. The molecule has 1 rings (SSSR count). The summed E-state index contributed by atoms with van der Waals surface area (Å²) < 4.78 is 0. The average molecular weight is 250 g/mol. The zero-order valence-corrected chi connectivity index (χ0v) is 11.6. The maximum atomic E-state index is 12.2. The van der Waals surface area contributed by atoms with E-state index in [4.69, 9.17) is 0 Å². The van der Waals surface area contributed by atoms with Crippen LogP contribution < -0.4 is 5.32 Å². The molecule has 0 spiro atoms.